The van der Waals surface area contributed by atoms with Crippen LogP contribution in [-0.2, 0) is 10.0 Å². The fourth-order valence-electron chi connectivity index (χ4n) is 2.06. The van der Waals surface area contributed by atoms with Gasteiger partial charge in [-0.1, -0.05) is 39.1 Å². The van der Waals surface area contributed by atoms with Gasteiger partial charge in [-0.3, -0.25) is 9.52 Å². The lowest BCUT2D eigenvalue weighted by molar-refractivity contribution is 0.0942. The quantitative estimate of drug-likeness (QED) is 0.387. The molecule has 0 bridgehead atoms. The number of anilines is 1. The second-order valence-electron chi connectivity index (χ2n) is 5.17. The van der Waals surface area contributed by atoms with Gasteiger partial charge in [-0.2, -0.15) is 0 Å². The Bertz CT molecular complexity index is 1000. The van der Waals surface area contributed by atoms with Crippen molar-refractivity contribution in [3.05, 3.63) is 44.3 Å². The van der Waals surface area contributed by atoms with E-state index in [4.69, 9.17) is 28.3 Å². The molecule has 12 heteroatoms. The Morgan fingerprint density at radius 3 is 2.41 bits per heavy atom. The number of carbonyl (C=O) groups excluding carboxylic acids is 1. The minimum absolute atomic E-state index is 0.0313. The summed E-state index contributed by atoms with van der Waals surface area (Å²) in [6.07, 6.45) is 0. The summed E-state index contributed by atoms with van der Waals surface area (Å²) >= 11 is 14.8. The third kappa shape index (κ3) is 4.96. The molecular formula is C15H13BrCl2N2O6S. The molecule has 0 heterocycles. The summed E-state index contributed by atoms with van der Waals surface area (Å²) in [4.78, 5) is 11.5. The summed E-state index contributed by atoms with van der Waals surface area (Å²) in [5.41, 5.74) is -0.683. The van der Waals surface area contributed by atoms with E-state index in [0.717, 1.165) is 18.2 Å². The largest absolute Gasteiger partial charge is 0.505 e. The average molecular weight is 500 g/mol. The maximum absolute atomic E-state index is 12.6. The normalized spacial score (nSPS) is 11.3. The van der Waals surface area contributed by atoms with Gasteiger partial charge in [-0.05, 0) is 24.3 Å². The molecule has 8 nitrogen and oxygen atoms in total. The molecule has 2 aromatic carbocycles. The van der Waals surface area contributed by atoms with Crippen LogP contribution in [0.4, 0.5) is 5.69 Å². The number of aromatic hydroxyl groups is 2. The van der Waals surface area contributed by atoms with E-state index in [2.05, 4.69) is 26.0 Å². The standard InChI is InChI=1S/C15H13BrCl2N2O6S/c16-7-3-10(18)14(23)12(4-7)27(25,26)20-11-6-8(17)5-9(13(11)22)15(24)19-1-2-21/h3-6,20-23H,1-2H2,(H,19,24). The number of aliphatic hydroxyl groups excluding tert-OH is 1. The van der Waals surface area contributed by atoms with Crippen LogP contribution in [-0.4, -0.2) is 42.8 Å². The summed E-state index contributed by atoms with van der Waals surface area (Å²) in [5.74, 6) is -2.13. The molecule has 0 saturated carbocycles. The van der Waals surface area contributed by atoms with Crippen molar-refractivity contribution in [2.75, 3.05) is 17.9 Å². The van der Waals surface area contributed by atoms with Gasteiger partial charge in [0.05, 0.1) is 22.9 Å². The highest BCUT2D eigenvalue weighted by atomic mass is 79.9. The molecule has 2 aromatic rings. The van der Waals surface area contributed by atoms with Crippen LogP contribution in [0.25, 0.3) is 0 Å². The number of halogens is 3. The highest BCUT2D eigenvalue weighted by molar-refractivity contribution is 9.10. The van der Waals surface area contributed by atoms with Crippen molar-refractivity contribution in [3.8, 4) is 11.5 Å². The number of phenols is 2. The number of amides is 1. The topological polar surface area (TPSA) is 136 Å². The van der Waals surface area contributed by atoms with E-state index >= 15 is 0 Å². The molecule has 0 atom stereocenters. The molecule has 0 radical (unpaired) electrons. The molecule has 0 unspecified atom stereocenters. The van der Waals surface area contributed by atoms with Crippen LogP contribution in [0, 0.1) is 0 Å². The first-order chi connectivity index (χ1) is 12.6. The lowest BCUT2D eigenvalue weighted by Crippen LogP contribution is -2.26. The predicted molar refractivity (Wildman–Crippen MR) is 104 cm³/mol. The van der Waals surface area contributed by atoms with Crippen LogP contribution in [0.2, 0.25) is 10.0 Å². The summed E-state index contributed by atoms with van der Waals surface area (Å²) in [7, 11) is -4.39. The first-order valence-electron chi connectivity index (χ1n) is 7.19. The van der Waals surface area contributed by atoms with E-state index in [1.54, 1.807) is 0 Å². The van der Waals surface area contributed by atoms with Crippen LogP contribution in [0.15, 0.2) is 33.6 Å². The van der Waals surface area contributed by atoms with Crippen LogP contribution in [0.5, 0.6) is 11.5 Å². The van der Waals surface area contributed by atoms with Crippen LogP contribution < -0.4 is 10.0 Å². The van der Waals surface area contributed by atoms with E-state index in [1.165, 1.54) is 6.07 Å². The molecule has 0 aliphatic rings. The van der Waals surface area contributed by atoms with E-state index < -0.39 is 32.3 Å². The number of carbonyl (C=O) groups is 1. The molecule has 146 valence electrons. The molecule has 0 spiro atoms. The van der Waals surface area contributed by atoms with Crippen molar-refractivity contribution in [1.82, 2.24) is 5.32 Å². The second kappa shape index (κ2) is 8.53. The van der Waals surface area contributed by atoms with Gasteiger partial charge in [0, 0.05) is 16.0 Å². The smallest absolute Gasteiger partial charge is 0.265 e. The summed E-state index contributed by atoms with van der Waals surface area (Å²) in [5, 5.41) is 31.1. The molecule has 0 saturated heterocycles. The summed E-state index contributed by atoms with van der Waals surface area (Å²) in [6.45, 7) is -0.397. The average Bonchev–Trinajstić information content (AvgIpc) is 2.58. The van der Waals surface area contributed by atoms with Gasteiger partial charge in [0.25, 0.3) is 15.9 Å². The van der Waals surface area contributed by atoms with E-state index in [-0.39, 0.29) is 34.4 Å². The van der Waals surface area contributed by atoms with Gasteiger partial charge in [-0.15, -0.1) is 0 Å². The van der Waals surface area contributed by atoms with Gasteiger partial charge in [-0.25, -0.2) is 8.42 Å². The fourth-order valence-corrected chi connectivity index (χ4v) is 4.50. The number of aliphatic hydroxyl groups is 1. The van der Waals surface area contributed by atoms with Gasteiger partial charge < -0.3 is 20.6 Å². The molecule has 1 amide bonds. The number of sulfonamides is 1. The molecule has 0 aliphatic carbocycles. The minimum Gasteiger partial charge on any atom is -0.505 e. The molecule has 0 aromatic heterocycles. The lowest BCUT2D eigenvalue weighted by atomic mass is 10.1. The van der Waals surface area contributed by atoms with E-state index in [0.29, 0.717) is 4.47 Å². The highest BCUT2D eigenvalue weighted by Crippen LogP contribution is 2.37. The number of benzene rings is 2. The maximum atomic E-state index is 12.6. The SMILES string of the molecule is O=C(NCCO)c1cc(Cl)cc(NS(=O)(=O)c2cc(Br)cc(Cl)c2O)c1O. The zero-order valence-corrected chi connectivity index (χ0v) is 17.2. The number of rotatable bonds is 6. The minimum atomic E-state index is -4.39. The first-order valence-corrected chi connectivity index (χ1v) is 10.2. The Morgan fingerprint density at radius 2 is 1.78 bits per heavy atom. The number of hydrogen-bond donors (Lipinski definition) is 5. The number of nitrogens with one attached hydrogen (secondary N) is 2. The molecule has 2 rings (SSSR count). The Hall–Kier alpha value is -1.72. The second-order valence-corrected chi connectivity index (χ2v) is 8.58. The van der Waals surface area contributed by atoms with E-state index in [9.17, 15) is 23.4 Å². The van der Waals surface area contributed by atoms with Crippen molar-refractivity contribution >= 4 is 60.7 Å². The summed E-state index contributed by atoms with van der Waals surface area (Å²) in [6, 6.07) is 4.64. The Balaban J connectivity index is 2.48. The zero-order chi connectivity index (χ0) is 20.4. The van der Waals surface area contributed by atoms with Crippen molar-refractivity contribution in [2.24, 2.45) is 0 Å². The van der Waals surface area contributed by atoms with Crippen molar-refractivity contribution in [3.63, 3.8) is 0 Å². The Morgan fingerprint density at radius 1 is 1.11 bits per heavy atom. The zero-order valence-electron chi connectivity index (χ0n) is 13.3. The van der Waals surface area contributed by atoms with Crippen LogP contribution in [0.3, 0.4) is 0 Å². The molecule has 5 N–H and O–H groups in total. The summed E-state index contributed by atoms with van der Waals surface area (Å²) < 4.78 is 27.6. The van der Waals surface area contributed by atoms with Crippen molar-refractivity contribution < 1.29 is 28.5 Å². The Labute approximate surface area is 172 Å². The first kappa shape index (κ1) is 21.6. The lowest BCUT2D eigenvalue weighted by Gasteiger charge is -2.14. The molecule has 0 fully saturated rings. The van der Waals surface area contributed by atoms with Gasteiger partial charge in [0.1, 0.15) is 4.90 Å². The van der Waals surface area contributed by atoms with E-state index in [1.807, 2.05) is 0 Å². The van der Waals surface area contributed by atoms with Crippen molar-refractivity contribution in [2.45, 2.75) is 4.90 Å². The molecular weight excluding hydrogens is 487 g/mol. The maximum Gasteiger partial charge on any atom is 0.265 e. The van der Waals surface area contributed by atoms with Gasteiger partial charge in [0.15, 0.2) is 11.5 Å². The Kier molecular flexibility index (Phi) is 6.82. The third-order valence-electron chi connectivity index (χ3n) is 3.24. The number of phenolic OH excluding ortho intramolecular Hbond substituents is 2. The molecule has 27 heavy (non-hydrogen) atoms. The fraction of sp³-hybridized carbons (Fsp3) is 0.133. The van der Waals surface area contributed by atoms with Gasteiger partial charge >= 0.3 is 0 Å². The van der Waals surface area contributed by atoms with Crippen LogP contribution in [0.1, 0.15) is 10.4 Å². The monoisotopic (exact) mass is 498 g/mol. The van der Waals surface area contributed by atoms with Crippen LogP contribution >= 0.6 is 39.1 Å². The predicted octanol–water partition coefficient (Wildman–Crippen LogP) is 2.69. The highest BCUT2D eigenvalue weighted by Gasteiger charge is 2.25. The number of hydrogen-bond acceptors (Lipinski definition) is 6. The third-order valence-corrected chi connectivity index (χ3v) is 5.59. The van der Waals surface area contributed by atoms with Crippen molar-refractivity contribution in [1.29, 1.82) is 0 Å². The molecule has 0 aliphatic heterocycles. The van der Waals surface area contributed by atoms with Gasteiger partial charge in [0.2, 0.25) is 0 Å².